The predicted molar refractivity (Wildman–Crippen MR) is 81.9 cm³/mol. The molecule has 0 radical (unpaired) electrons. The number of rotatable bonds is 2. The Labute approximate surface area is 125 Å². The summed E-state index contributed by atoms with van der Waals surface area (Å²) in [7, 11) is 0. The summed E-state index contributed by atoms with van der Waals surface area (Å²) in [5.74, 6) is 0.523. The molecular formula is C16H22Cl2O. The first-order valence-corrected chi connectivity index (χ1v) is 7.62. The van der Waals surface area contributed by atoms with Crippen LogP contribution in [0.3, 0.4) is 0 Å². The zero-order chi connectivity index (χ0) is 14.3. The van der Waals surface area contributed by atoms with E-state index >= 15 is 0 Å². The van der Waals surface area contributed by atoms with E-state index in [9.17, 15) is 5.11 Å². The van der Waals surface area contributed by atoms with Gasteiger partial charge in [-0.3, -0.25) is 0 Å². The van der Waals surface area contributed by atoms with E-state index in [-0.39, 0.29) is 5.41 Å². The third-order valence-electron chi connectivity index (χ3n) is 4.00. The van der Waals surface area contributed by atoms with Crippen molar-refractivity contribution in [3.05, 3.63) is 33.8 Å². The van der Waals surface area contributed by atoms with Crippen LogP contribution in [0.1, 0.15) is 45.6 Å². The normalized spacial score (nSPS) is 30.3. The summed E-state index contributed by atoms with van der Waals surface area (Å²) < 4.78 is 0. The lowest BCUT2D eigenvalue weighted by Gasteiger charge is -2.45. The van der Waals surface area contributed by atoms with E-state index in [2.05, 4.69) is 20.8 Å². The van der Waals surface area contributed by atoms with Crippen molar-refractivity contribution < 1.29 is 5.11 Å². The van der Waals surface area contributed by atoms with Crippen molar-refractivity contribution in [1.82, 2.24) is 0 Å². The second-order valence-corrected chi connectivity index (χ2v) is 7.77. The molecule has 1 fully saturated rings. The molecule has 1 saturated carbocycles. The second kappa shape index (κ2) is 5.27. The summed E-state index contributed by atoms with van der Waals surface area (Å²) in [6, 6.07) is 5.51. The highest BCUT2D eigenvalue weighted by atomic mass is 35.5. The van der Waals surface area contributed by atoms with Crippen LogP contribution in [0.5, 0.6) is 0 Å². The molecule has 1 nitrogen and oxygen atoms in total. The van der Waals surface area contributed by atoms with Crippen molar-refractivity contribution in [3.63, 3.8) is 0 Å². The average Bonchev–Trinajstić information content (AvgIpc) is 2.20. The Kier molecular flexibility index (Phi) is 4.21. The highest BCUT2D eigenvalue weighted by molar-refractivity contribution is 6.36. The summed E-state index contributed by atoms with van der Waals surface area (Å²) in [5.41, 5.74) is 0.342. The number of aliphatic hydroxyl groups is 1. The SMILES string of the molecule is CC1CC(C)(C)CC(O)(Cc2c(Cl)cccc2Cl)C1. The topological polar surface area (TPSA) is 20.2 Å². The lowest BCUT2D eigenvalue weighted by atomic mass is 9.64. The Morgan fingerprint density at radius 3 is 2.32 bits per heavy atom. The van der Waals surface area contributed by atoms with Crippen LogP contribution in [0.15, 0.2) is 18.2 Å². The smallest absolute Gasteiger partial charge is 0.0696 e. The van der Waals surface area contributed by atoms with Gasteiger partial charge in [0.15, 0.2) is 0 Å². The maximum atomic E-state index is 11.0. The predicted octanol–water partition coefficient (Wildman–Crippen LogP) is 5.11. The minimum atomic E-state index is -0.699. The molecule has 1 N–H and O–H groups in total. The standard InChI is InChI=1S/C16H22Cl2O/c1-11-7-15(2,3)10-16(19,8-11)9-12-13(17)5-4-6-14(12)18/h4-6,11,19H,7-10H2,1-3H3. The van der Waals surface area contributed by atoms with Crippen molar-refractivity contribution >= 4 is 23.2 Å². The fraction of sp³-hybridized carbons (Fsp3) is 0.625. The van der Waals surface area contributed by atoms with Crippen molar-refractivity contribution in [2.45, 2.75) is 52.1 Å². The van der Waals surface area contributed by atoms with Crippen LogP contribution in [0.2, 0.25) is 10.0 Å². The van der Waals surface area contributed by atoms with Crippen LogP contribution in [0.4, 0.5) is 0 Å². The second-order valence-electron chi connectivity index (χ2n) is 6.96. The van der Waals surface area contributed by atoms with Crippen LogP contribution < -0.4 is 0 Å². The molecule has 0 saturated heterocycles. The van der Waals surface area contributed by atoms with E-state index in [0.717, 1.165) is 24.8 Å². The Balaban J connectivity index is 2.26. The molecular weight excluding hydrogens is 279 g/mol. The molecule has 3 heteroatoms. The maximum absolute atomic E-state index is 11.0. The average molecular weight is 301 g/mol. The summed E-state index contributed by atoms with van der Waals surface area (Å²) >= 11 is 12.4. The Morgan fingerprint density at radius 1 is 1.21 bits per heavy atom. The van der Waals surface area contributed by atoms with Gasteiger partial charge in [-0.1, -0.05) is 50.0 Å². The van der Waals surface area contributed by atoms with Gasteiger partial charge in [-0.25, -0.2) is 0 Å². The van der Waals surface area contributed by atoms with Crippen molar-refractivity contribution in [2.24, 2.45) is 11.3 Å². The zero-order valence-corrected chi connectivity index (χ0v) is 13.4. The molecule has 1 aliphatic carbocycles. The van der Waals surface area contributed by atoms with Gasteiger partial charge in [0, 0.05) is 16.5 Å². The van der Waals surface area contributed by atoms with Gasteiger partial charge in [-0.05, 0) is 48.3 Å². The Morgan fingerprint density at radius 2 is 1.79 bits per heavy atom. The first-order valence-electron chi connectivity index (χ1n) is 6.86. The molecule has 0 aromatic heterocycles. The monoisotopic (exact) mass is 300 g/mol. The molecule has 2 atom stereocenters. The van der Waals surface area contributed by atoms with Crippen LogP contribution in [0.25, 0.3) is 0 Å². The molecule has 0 amide bonds. The first-order chi connectivity index (χ1) is 8.71. The summed E-state index contributed by atoms with van der Waals surface area (Å²) in [4.78, 5) is 0. The number of hydrogen-bond acceptors (Lipinski definition) is 1. The molecule has 0 bridgehead atoms. The van der Waals surface area contributed by atoms with Crippen LogP contribution in [-0.4, -0.2) is 10.7 Å². The number of halogens is 2. The molecule has 1 aliphatic rings. The molecule has 2 unspecified atom stereocenters. The molecule has 106 valence electrons. The van der Waals surface area contributed by atoms with Gasteiger partial charge in [0.25, 0.3) is 0 Å². The van der Waals surface area contributed by atoms with E-state index in [1.807, 2.05) is 18.2 Å². The summed E-state index contributed by atoms with van der Waals surface area (Å²) in [5, 5.41) is 12.3. The molecule has 2 rings (SSSR count). The summed E-state index contributed by atoms with van der Waals surface area (Å²) in [6.07, 6.45) is 3.31. The first kappa shape index (κ1) is 15.2. The van der Waals surface area contributed by atoms with Gasteiger partial charge < -0.3 is 5.11 Å². The van der Waals surface area contributed by atoms with Crippen LogP contribution >= 0.6 is 23.2 Å². The van der Waals surface area contributed by atoms with E-state index in [4.69, 9.17) is 23.2 Å². The van der Waals surface area contributed by atoms with E-state index in [1.54, 1.807) is 0 Å². The quantitative estimate of drug-likeness (QED) is 0.804. The number of hydrogen-bond donors (Lipinski definition) is 1. The van der Waals surface area contributed by atoms with Crippen LogP contribution in [-0.2, 0) is 6.42 Å². The lowest BCUT2D eigenvalue weighted by molar-refractivity contribution is -0.0574. The highest BCUT2D eigenvalue weighted by Gasteiger charge is 2.42. The van der Waals surface area contributed by atoms with Gasteiger partial charge in [-0.15, -0.1) is 0 Å². The van der Waals surface area contributed by atoms with Crippen molar-refractivity contribution in [1.29, 1.82) is 0 Å². The van der Waals surface area contributed by atoms with E-state index in [1.165, 1.54) is 0 Å². The lowest BCUT2D eigenvalue weighted by Crippen LogP contribution is -2.43. The third kappa shape index (κ3) is 3.65. The molecule has 0 aliphatic heterocycles. The fourth-order valence-corrected chi connectivity index (χ4v) is 4.40. The maximum Gasteiger partial charge on any atom is 0.0696 e. The van der Waals surface area contributed by atoms with Gasteiger partial charge in [0.05, 0.1) is 5.60 Å². The molecule has 0 heterocycles. The molecule has 1 aromatic rings. The van der Waals surface area contributed by atoms with Gasteiger partial charge in [0.1, 0.15) is 0 Å². The van der Waals surface area contributed by atoms with Gasteiger partial charge >= 0.3 is 0 Å². The largest absolute Gasteiger partial charge is 0.390 e. The van der Waals surface area contributed by atoms with E-state index < -0.39 is 5.60 Å². The van der Waals surface area contributed by atoms with Crippen molar-refractivity contribution in [2.75, 3.05) is 0 Å². The minimum absolute atomic E-state index is 0.167. The zero-order valence-electron chi connectivity index (χ0n) is 11.8. The van der Waals surface area contributed by atoms with Gasteiger partial charge in [-0.2, -0.15) is 0 Å². The summed E-state index contributed by atoms with van der Waals surface area (Å²) in [6.45, 7) is 6.66. The fourth-order valence-electron chi connectivity index (χ4n) is 3.86. The van der Waals surface area contributed by atoms with Gasteiger partial charge in [0.2, 0.25) is 0 Å². The molecule has 0 spiro atoms. The number of benzene rings is 1. The minimum Gasteiger partial charge on any atom is -0.390 e. The van der Waals surface area contributed by atoms with E-state index in [0.29, 0.717) is 22.4 Å². The molecule has 19 heavy (non-hydrogen) atoms. The Bertz CT molecular complexity index is 450. The molecule has 1 aromatic carbocycles. The Hall–Kier alpha value is -0.240. The third-order valence-corrected chi connectivity index (χ3v) is 4.71. The van der Waals surface area contributed by atoms with Crippen molar-refractivity contribution in [3.8, 4) is 0 Å². The highest BCUT2D eigenvalue weighted by Crippen LogP contribution is 2.46. The van der Waals surface area contributed by atoms with Crippen LogP contribution in [0, 0.1) is 11.3 Å².